The fourth-order valence-corrected chi connectivity index (χ4v) is 3.50. The molecule has 2 N–H and O–H groups in total. The molecule has 1 aromatic heterocycles. The van der Waals surface area contributed by atoms with Gasteiger partial charge < -0.3 is 19.7 Å². The number of benzene rings is 1. The Labute approximate surface area is 147 Å². The average Bonchev–Trinajstić information content (AvgIpc) is 3.23. The largest absolute Gasteiger partial charge is 0.444 e. The Hall–Kier alpha value is -2.34. The van der Waals surface area contributed by atoms with Crippen LogP contribution in [0, 0.1) is 13.8 Å². The summed E-state index contributed by atoms with van der Waals surface area (Å²) in [5.41, 5.74) is 2.94. The summed E-state index contributed by atoms with van der Waals surface area (Å²) in [5.74, 6) is 0.547. The molecule has 0 bridgehead atoms. The molecule has 0 radical (unpaired) electrons. The summed E-state index contributed by atoms with van der Waals surface area (Å²) in [6.07, 6.45) is 4.10. The number of hydrogen-bond donors (Lipinski definition) is 2. The number of nitrogens with zero attached hydrogens (tertiary/aromatic N) is 2. The van der Waals surface area contributed by atoms with Gasteiger partial charge in [0, 0.05) is 17.8 Å². The molecular formula is C19H25N3O3. The number of rotatable bonds is 4. The van der Waals surface area contributed by atoms with Crippen LogP contribution in [0.4, 0.5) is 10.5 Å². The van der Waals surface area contributed by atoms with Gasteiger partial charge in [-0.15, -0.1) is 0 Å². The van der Waals surface area contributed by atoms with Crippen LogP contribution < -0.4 is 5.32 Å². The zero-order valence-electron chi connectivity index (χ0n) is 15.0. The summed E-state index contributed by atoms with van der Waals surface area (Å²) in [6, 6.07) is 5.51. The molecule has 2 heterocycles. The Morgan fingerprint density at radius 2 is 2.24 bits per heavy atom. The minimum absolute atomic E-state index is 0.00827. The van der Waals surface area contributed by atoms with Crippen molar-refractivity contribution in [2.24, 2.45) is 0 Å². The van der Waals surface area contributed by atoms with Crippen molar-refractivity contribution in [1.29, 1.82) is 0 Å². The third kappa shape index (κ3) is 3.26. The minimum Gasteiger partial charge on any atom is -0.444 e. The number of carbonyl (C=O) groups is 1. The predicted octanol–water partition coefficient (Wildman–Crippen LogP) is 3.73. The number of aliphatic hydroxyl groups is 1. The molecule has 1 aliphatic rings. The Morgan fingerprint density at radius 3 is 2.88 bits per heavy atom. The van der Waals surface area contributed by atoms with Crippen LogP contribution in [0.1, 0.15) is 37.4 Å². The minimum atomic E-state index is -0.447. The van der Waals surface area contributed by atoms with Crippen molar-refractivity contribution < 1.29 is 14.3 Å². The molecule has 1 aromatic carbocycles. The van der Waals surface area contributed by atoms with E-state index in [4.69, 9.17) is 4.42 Å². The topological polar surface area (TPSA) is 78.6 Å². The molecule has 25 heavy (non-hydrogen) atoms. The highest BCUT2D eigenvalue weighted by Gasteiger charge is 2.41. The fourth-order valence-electron chi connectivity index (χ4n) is 3.50. The highest BCUT2D eigenvalue weighted by Crippen LogP contribution is 2.33. The Balaban J connectivity index is 1.82. The predicted molar refractivity (Wildman–Crippen MR) is 96.5 cm³/mol. The van der Waals surface area contributed by atoms with Crippen LogP contribution in [0.15, 0.2) is 28.9 Å². The number of hydrogen-bond acceptors (Lipinski definition) is 4. The van der Waals surface area contributed by atoms with Gasteiger partial charge in [-0.05, 0) is 50.8 Å². The standard InChI is InChI=1S/C19H25N3O3/c1-4-19(12-23)8-5-9-22(19)18(24)21-15-7-6-13(2)16(10-15)17-20-14(3)11-25-17/h6-7,10-11,23H,4-5,8-9,12H2,1-3H3,(H,21,24)/t19-/m0/s1. The number of aliphatic hydroxyl groups excluding tert-OH is 1. The van der Waals surface area contributed by atoms with Crippen LogP contribution >= 0.6 is 0 Å². The van der Waals surface area contributed by atoms with Crippen molar-refractivity contribution >= 4 is 11.7 Å². The summed E-state index contributed by atoms with van der Waals surface area (Å²) >= 11 is 0. The van der Waals surface area contributed by atoms with Crippen LogP contribution in [0.5, 0.6) is 0 Å². The molecule has 2 amide bonds. The van der Waals surface area contributed by atoms with Crippen molar-refractivity contribution in [2.75, 3.05) is 18.5 Å². The first-order valence-corrected chi connectivity index (χ1v) is 8.72. The van der Waals surface area contributed by atoms with Gasteiger partial charge >= 0.3 is 6.03 Å². The molecule has 3 rings (SSSR count). The van der Waals surface area contributed by atoms with Gasteiger partial charge in [-0.2, -0.15) is 0 Å². The molecule has 1 aliphatic heterocycles. The van der Waals surface area contributed by atoms with Gasteiger partial charge in [0.15, 0.2) is 0 Å². The van der Waals surface area contributed by atoms with Gasteiger partial charge in [0.1, 0.15) is 6.26 Å². The summed E-state index contributed by atoms with van der Waals surface area (Å²) < 4.78 is 5.49. The fraction of sp³-hybridized carbons (Fsp3) is 0.474. The number of aromatic nitrogens is 1. The molecule has 0 aliphatic carbocycles. The van der Waals surface area contributed by atoms with E-state index in [0.717, 1.165) is 36.1 Å². The lowest BCUT2D eigenvalue weighted by Gasteiger charge is -2.36. The number of oxazole rings is 1. The Kier molecular flexibility index (Phi) is 4.81. The van der Waals surface area contributed by atoms with Crippen LogP contribution in [0.25, 0.3) is 11.5 Å². The number of carbonyl (C=O) groups excluding carboxylic acids is 1. The van der Waals surface area contributed by atoms with E-state index < -0.39 is 5.54 Å². The number of urea groups is 1. The molecular weight excluding hydrogens is 318 g/mol. The molecule has 1 fully saturated rings. The van der Waals surface area contributed by atoms with Crippen LogP contribution in [-0.4, -0.2) is 39.7 Å². The summed E-state index contributed by atoms with van der Waals surface area (Å²) in [7, 11) is 0. The van der Waals surface area contributed by atoms with Gasteiger partial charge in [0.05, 0.1) is 17.8 Å². The molecule has 6 nitrogen and oxygen atoms in total. The number of nitrogens with one attached hydrogen (secondary N) is 1. The first kappa shape index (κ1) is 17.5. The zero-order valence-corrected chi connectivity index (χ0v) is 15.0. The van der Waals surface area contributed by atoms with E-state index in [1.807, 2.05) is 39.0 Å². The third-order valence-electron chi connectivity index (χ3n) is 5.13. The van der Waals surface area contributed by atoms with Crippen molar-refractivity contribution in [3.63, 3.8) is 0 Å². The van der Waals surface area contributed by atoms with E-state index >= 15 is 0 Å². The molecule has 134 valence electrons. The summed E-state index contributed by atoms with van der Waals surface area (Å²) in [6.45, 7) is 6.52. The second-order valence-electron chi connectivity index (χ2n) is 6.75. The molecule has 2 aromatic rings. The molecule has 6 heteroatoms. The number of anilines is 1. The second kappa shape index (κ2) is 6.88. The highest BCUT2D eigenvalue weighted by molar-refractivity contribution is 5.91. The summed E-state index contributed by atoms with van der Waals surface area (Å²) in [4.78, 5) is 18.9. The van der Waals surface area contributed by atoms with E-state index in [9.17, 15) is 9.90 Å². The van der Waals surface area contributed by atoms with Gasteiger partial charge in [0.2, 0.25) is 5.89 Å². The van der Waals surface area contributed by atoms with E-state index in [2.05, 4.69) is 10.3 Å². The number of likely N-dealkylation sites (tertiary alicyclic amines) is 1. The maximum Gasteiger partial charge on any atom is 0.322 e. The van der Waals surface area contributed by atoms with E-state index in [-0.39, 0.29) is 12.6 Å². The molecule has 1 saturated heterocycles. The normalized spacial score (nSPS) is 20.1. The van der Waals surface area contributed by atoms with E-state index in [0.29, 0.717) is 18.1 Å². The second-order valence-corrected chi connectivity index (χ2v) is 6.75. The highest BCUT2D eigenvalue weighted by atomic mass is 16.3. The zero-order chi connectivity index (χ0) is 18.0. The SMILES string of the molecule is CC[C@@]1(CO)CCCN1C(=O)Nc1ccc(C)c(-c2nc(C)co2)c1. The Morgan fingerprint density at radius 1 is 1.44 bits per heavy atom. The Bertz CT molecular complexity index is 765. The first-order chi connectivity index (χ1) is 12.0. The van der Waals surface area contributed by atoms with Crippen molar-refractivity contribution in [2.45, 2.75) is 45.6 Å². The lowest BCUT2D eigenvalue weighted by molar-refractivity contribution is 0.0867. The number of amides is 2. The van der Waals surface area contributed by atoms with Crippen molar-refractivity contribution in [3.8, 4) is 11.5 Å². The van der Waals surface area contributed by atoms with Crippen LogP contribution in [0.2, 0.25) is 0 Å². The van der Waals surface area contributed by atoms with Gasteiger partial charge in [-0.1, -0.05) is 13.0 Å². The number of aryl methyl sites for hydroxylation is 2. The van der Waals surface area contributed by atoms with Gasteiger partial charge in [-0.3, -0.25) is 0 Å². The maximum atomic E-state index is 12.7. The monoisotopic (exact) mass is 343 g/mol. The summed E-state index contributed by atoms with van der Waals surface area (Å²) in [5, 5.41) is 12.7. The third-order valence-corrected chi connectivity index (χ3v) is 5.13. The van der Waals surface area contributed by atoms with Gasteiger partial charge in [-0.25, -0.2) is 9.78 Å². The van der Waals surface area contributed by atoms with E-state index in [1.165, 1.54) is 0 Å². The lowest BCUT2D eigenvalue weighted by atomic mass is 9.94. The quantitative estimate of drug-likeness (QED) is 0.887. The first-order valence-electron chi connectivity index (χ1n) is 8.72. The molecule has 0 saturated carbocycles. The van der Waals surface area contributed by atoms with Crippen LogP contribution in [-0.2, 0) is 0 Å². The van der Waals surface area contributed by atoms with E-state index in [1.54, 1.807) is 11.2 Å². The molecule has 1 atom stereocenters. The smallest absolute Gasteiger partial charge is 0.322 e. The molecule has 0 spiro atoms. The van der Waals surface area contributed by atoms with Gasteiger partial charge in [0.25, 0.3) is 0 Å². The van der Waals surface area contributed by atoms with Crippen molar-refractivity contribution in [3.05, 3.63) is 35.7 Å². The molecule has 0 unspecified atom stereocenters. The average molecular weight is 343 g/mol. The van der Waals surface area contributed by atoms with Crippen LogP contribution in [0.3, 0.4) is 0 Å². The maximum absolute atomic E-state index is 12.7. The lowest BCUT2D eigenvalue weighted by Crippen LogP contribution is -2.51. The van der Waals surface area contributed by atoms with Crippen molar-refractivity contribution in [1.82, 2.24) is 9.88 Å².